The maximum atomic E-state index is 10.8. The van der Waals surface area contributed by atoms with Gasteiger partial charge in [0.2, 0.25) is 0 Å². The summed E-state index contributed by atoms with van der Waals surface area (Å²) in [5.74, 6) is -0.528. The van der Waals surface area contributed by atoms with Crippen LogP contribution in [0.15, 0.2) is 34.4 Å². The molecule has 0 spiro atoms. The fraction of sp³-hybridized carbons (Fsp3) is 0.125. The topological polar surface area (TPSA) is 83.0 Å². The number of hydrogen-bond donors (Lipinski definition) is 2. The lowest BCUT2D eigenvalue weighted by Crippen LogP contribution is -2.05. The van der Waals surface area contributed by atoms with Gasteiger partial charge in [0, 0.05) is 24.1 Å². The Morgan fingerprint density at radius 1 is 1.71 bits per heavy atom. The first-order valence-corrected chi connectivity index (χ1v) is 4.74. The van der Waals surface area contributed by atoms with Crippen molar-refractivity contribution in [3.05, 3.63) is 34.8 Å². The van der Waals surface area contributed by atoms with Crippen molar-refractivity contribution in [2.24, 2.45) is 0 Å². The number of aliphatic carboxylic acids is 1. The Morgan fingerprint density at radius 2 is 2.50 bits per heavy atom. The second-order valence-corrected chi connectivity index (χ2v) is 3.30. The Balaban J connectivity index is 2.46. The highest BCUT2D eigenvalue weighted by atomic mass is 32.2. The van der Waals surface area contributed by atoms with Gasteiger partial charge in [-0.1, -0.05) is 17.8 Å². The number of hydrogen-bond acceptors (Lipinski definition) is 4. The Bertz CT molecular complexity index is 400. The number of aromatic amines is 1. The average molecular weight is 212 g/mol. The molecule has 1 heterocycles. The van der Waals surface area contributed by atoms with Crippen LogP contribution in [-0.4, -0.2) is 26.8 Å². The highest BCUT2D eigenvalue weighted by molar-refractivity contribution is 7.99. The van der Waals surface area contributed by atoms with E-state index in [1.165, 1.54) is 30.1 Å². The molecular formula is C8H8N2O3S. The number of carbonyl (C=O) groups is 1. The summed E-state index contributed by atoms with van der Waals surface area (Å²) in [6.07, 6.45) is 3.94. The van der Waals surface area contributed by atoms with Gasteiger partial charge in [-0.2, -0.15) is 0 Å². The Kier molecular flexibility index (Phi) is 3.93. The second-order valence-electron chi connectivity index (χ2n) is 2.29. The zero-order chi connectivity index (χ0) is 10.4. The number of H-pyrrole nitrogens is 1. The van der Waals surface area contributed by atoms with Crippen molar-refractivity contribution in [2.45, 2.75) is 5.16 Å². The lowest BCUT2D eigenvalue weighted by atomic mass is 10.5. The summed E-state index contributed by atoms with van der Waals surface area (Å²) in [5, 5.41) is 8.76. The molecule has 0 unspecified atom stereocenters. The first kappa shape index (κ1) is 10.5. The van der Waals surface area contributed by atoms with E-state index in [0.717, 1.165) is 6.08 Å². The molecule has 0 saturated carbocycles. The molecule has 0 radical (unpaired) electrons. The quantitative estimate of drug-likeness (QED) is 0.431. The fourth-order valence-electron chi connectivity index (χ4n) is 0.701. The van der Waals surface area contributed by atoms with Crippen LogP contribution >= 0.6 is 11.8 Å². The molecule has 0 atom stereocenters. The van der Waals surface area contributed by atoms with Gasteiger partial charge in [-0.05, 0) is 0 Å². The first-order valence-electron chi connectivity index (χ1n) is 3.76. The molecule has 0 fully saturated rings. The van der Waals surface area contributed by atoms with Gasteiger partial charge in [0.05, 0.1) is 0 Å². The van der Waals surface area contributed by atoms with Gasteiger partial charge in [-0.3, -0.25) is 4.79 Å². The van der Waals surface area contributed by atoms with E-state index >= 15 is 0 Å². The van der Waals surface area contributed by atoms with Crippen molar-refractivity contribution in [1.29, 1.82) is 0 Å². The summed E-state index contributed by atoms with van der Waals surface area (Å²) in [7, 11) is 0. The van der Waals surface area contributed by atoms with E-state index in [4.69, 9.17) is 5.11 Å². The number of aromatic nitrogens is 2. The number of rotatable bonds is 4. The van der Waals surface area contributed by atoms with Gasteiger partial charge in [-0.15, -0.1) is 0 Å². The van der Waals surface area contributed by atoms with E-state index in [9.17, 15) is 9.59 Å². The predicted molar refractivity (Wildman–Crippen MR) is 52.4 cm³/mol. The first-order chi connectivity index (χ1) is 6.68. The molecule has 2 N–H and O–H groups in total. The van der Waals surface area contributed by atoms with Crippen LogP contribution in [0, 0.1) is 0 Å². The number of carboxylic acid groups (broad SMARTS) is 1. The largest absolute Gasteiger partial charge is 0.478 e. The zero-order valence-electron chi connectivity index (χ0n) is 7.14. The van der Waals surface area contributed by atoms with Crippen LogP contribution in [-0.2, 0) is 4.79 Å². The van der Waals surface area contributed by atoms with Crippen LogP contribution < -0.4 is 5.56 Å². The van der Waals surface area contributed by atoms with Crippen LogP contribution in [0.3, 0.4) is 0 Å². The zero-order valence-corrected chi connectivity index (χ0v) is 7.95. The molecule has 5 nitrogen and oxygen atoms in total. The lowest BCUT2D eigenvalue weighted by molar-refractivity contribution is -0.131. The van der Waals surface area contributed by atoms with Gasteiger partial charge in [0.25, 0.3) is 5.56 Å². The molecule has 0 bridgehead atoms. The van der Waals surface area contributed by atoms with Gasteiger partial charge in [0.1, 0.15) is 0 Å². The number of carboxylic acids is 1. The summed E-state index contributed by atoms with van der Waals surface area (Å²) in [4.78, 5) is 27.3. The van der Waals surface area contributed by atoms with Crippen molar-refractivity contribution >= 4 is 17.7 Å². The van der Waals surface area contributed by atoms with Gasteiger partial charge >= 0.3 is 5.97 Å². The van der Waals surface area contributed by atoms with Crippen LogP contribution in [0.2, 0.25) is 0 Å². The smallest absolute Gasteiger partial charge is 0.328 e. The third kappa shape index (κ3) is 3.90. The highest BCUT2D eigenvalue weighted by Crippen LogP contribution is 2.09. The van der Waals surface area contributed by atoms with Crippen molar-refractivity contribution < 1.29 is 9.90 Å². The van der Waals surface area contributed by atoms with Crippen molar-refractivity contribution in [1.82, 2.24) is 9.97 Å². The Labute approximate surface area is 83.9 Å². The minimum absolute atomic E-state index is 0.218. The van der Waals surface area contributed by atoms with Crippen LogP contribution in [0.4, 0.5) is 0 Å². The molecule has 1 aromatic rings. The second kappa shape index (κ2) is 5.23. The monoisotopic (exact) mass is 212 g/mol. The molecule has 14 heavy (non-hydrogen) atoms. The minimum Gasteiger partial charge on any atom is -0.478 e. The summed E-state index contributed by atoms with van der Waals surface area (Å²) in [6.45, 7) is 0. The predicted octanol–water partition coefficient (Wildman–Crippen LogP) is 0.503. The Hall–Kier alpha value is -1.56. The highest BCUT2D eigenvalue weighted by Gasteiger charge is 1.93. The molecule has 1 rings (SSSR count). The SMILES string of the molecule is O=C(O)/C=C/CSc1nccc(=O)[nH]1. The van der Waals surface area contributed by atoms with Crippen molar-refractivity contribution in [2.75, 3.05) is 5.75 Å². The Morgan fingerprint density at radius 3 is 3.14 bits per heavy atom. The molecule has 0 aliphatic carbocycles. The summed E-state index contributed by atoms with van der Waals surface area (Å²) < 4.78 is 0. The van der Waals surface area contributed by atoms with E-state index in [-0.39, 0.29) is 5.56 Å². The molecule has 74 valence electrons. The summed E-state index contributed by atoms with van der Waals surface area (Å²) in [5.41, 5.74) is -0.218. The van der Waals surface area contributed by atoms with E-state index in [0.29, 0.717) is 10.9 Å². The summed E-state index contributed by atoms with van der Waals surface area (Å²) >= 11 is 1.26. The number of nitrogens with zero attached hydrogens (tertiary/aromatic N) is 1. The fourth-order valence-corrected chi connectivity index (χ4v) is 1.36. The molecule has 0 saturated heterocycles. The van der Waals surface area contributed by atoms with Crippen molar-refractivity contribution in [3.63, 3.8) is 0 Å². The number of thioether (sulfide) groups is 1. The van der Waals surface area contributed by atoms with Gasteiger partial charge < -0.3 is 10.1 Å². The number of nitrogens with one attached hydrogen (secondary N) is 1. The van der Waals surface area contributed by atoms with Crippen LogP contribution in [0.1, 0.15) is 0 Å². The standard InChI is InChI=1S/C8H8N2O3S/c11-6-3-4-9-8(10-6)14-5-1-2-7(12)13/h1-4H,5H2,(H,12,13)(H,9,10,11)/b2-1+. The molecule has 6 heteroatoms. The lowest BCUT2D eigenvalue weighted by Gasteiger charge is -1.94. The molecule has 0 amide bonds. The average Bonchev–Trinajstić information content (AvgIpc) is 2.12. The van der Waals surface area contributed by atoms with E-state index in [1.807, 2.05) is 0 Å². The summed E-state index contributed by atoms with van der Waals surface area (Å²) in [6, 6.07) is 1.32. The van der Waals surface area contributed by atoms with E-state index in [1.54, 1.807) is 0 Å². The van der Waals surface area contributed by atoms with Crippen molar-refractivity contribution in [3.8, 4) is 0 Å². The molecule has 1 aromatic heterocycles. The molecular weight excluding hydrogens is 204 g/mol. The molecule has 0 aliphatic heterocycles. The van der Waals surface area contributed by atoms with Gasteiger partial charge in [0.15, 0.2) is 5.16 Å². The maximum Gasteiger partial charge on any atom is 0.328 e. The van der Waals surface area contributed by atoms with E-state index < -0.39 is 5.97 Å². The van der Waals surface area contributed by atoms with Crippen LogP contribution in [0.25, 0.3) is 0 Å². The third-order valence-electron chi connectivity index (χ3n) is 1.22. The normalized spacial score (nSPS) is 10.6. The van der Waals surface area contributed by atoms with E-state index in [2.05, 4.69) is 9.97 Å². The van der Waals surface area contributed by atoms with Gasteiger partial charge in [-0.25, -0.2) is 9.78 Å². The van der Waals surface area contributed by atoms with Crippen LogP contribution in [0.5, 0.6) is 0 Å². The molecule has 0 aliphatic rings. The minimum atomic E-state index is -0.986. The maximum absolute atomic E-state index is 10.8. The molecule has 0 aromatic carbocycles. The third-order valence-corrected chi connectivity index (χ3v) is 2.06.